The molecule has 0 aliphatic carbocycles. The summed E-state index contributed by atoms with van der Waals surface area (Å²) in [5.41, 5.74) is 1.81. The number of ether oxygens (including phenoxy) is 1. The molecule has 3 N–H and O–H groups in total. The molecule has 28 heavy (non-hydrogen) atoms. The number of nitrogens with zero attached hydrogens (tertiary/aromatic N) is 1. The predicted molar refractivity (Wildman–Crippen MR) is 127 cm³/mol. The molecule has 0 aliphatic heterocycles. The number of aliphatic imine (C=N–C) groups is 1. The third-order valence-electron chi connectivity index (χ3n) is 4.22. The van der Waals surface area contributed by atoms with E-state index in [9.17, 15) is 8.42 Å². The van der Waals surface area contributed by atoms with Gasteiger partial charge in [0, 0.05) is 26.7 Å². The fourth-order valence-corrected chi connectivity index (χ4v) is 3.38. The van der Waals surface area contributed by atoms with Gasteiger partial charge >= 0.3 is 0 Å². The summed E-state index contributed by atoms with van der Waals surface area (Å²) in [6.45, 7) is 8.46. The molecular formula is C19H35IN4O3S. The van der Waals surface area contributed by atoms with Crippen LogP contribution in [0.2, 0.25) is 0 Å². The molecule has 7 nitrogen and oxygen atoms in total. The third kappa shape index (κ3) is 10.6. The Hall–Kier alpha value is -0.910. The van der Waals surface area contributed by atoms with Crippen molar-refractivity contribution in [3.63, 3.8) is 0 Å². The van der Waals surface area contributed by atoms with Crippen molar-refractivity contribution in [3.05, 3.63) is 35.4 Å². The summed E-state index contributed by atoms with van der Waals surface area (Å²) in [7, 11) is -0.0877. The average molecular weight is 526 g/mol. The summed E-state index contributed by atoms with van der Waals surface area (Å²) in [5.74, 6) is 1.19. The number of hydrogen-bond donors (Lipinski definition) is 3. The predicted octanol–water partition coefficient (Wildman–Crippen LogP) is 2.47. The van der Waals surface area contributed by atoms with Crippen LogP contribution in [0.4, 0.5) is 0 Å². The van der Waals surface area contributed by atoms with Gasteiger partial charge in [0.05, 0.1) is 11.9 Å². The normalized spacial score (nSPS) is 13.1. The van der Waals surface area contributed by atoms with Crippen LogP contribution < -0.4 is 15.4 Å². The van der Waals surface area contributed by atoms with Crippen molar-refractivity contribution in [1.82, 2.24) is 15.4 Å². The van der Waals surface area contributed by atoms with Crippen molar-refractivity contribution >= 4 is 40.0 Å². The van der Waals surface area contributed by atoms with E-state index in [2.05, 4.69) is 34.2 Å². The Morgan fingerprint density at radius 3 is 2.25 bits per heavy atom. The van der Waals surface area contributed by atoms with Gasteiger partial charge in [-0.15, -0.1) is 24.0 Å². The van der Waals surface area contributed by atoms with Crippen molar-refractivity contribution in [2.75, 3.05) is 27.2 Å². The highest BCUT2D eigenvalue weighted by molar-refractivity contribution is 14.0. The highest BCUT2D eigenvalue weighted by Crippen LogP contribution is 2.10. The zero-order valence-corrected chi connectivity index (χ0v) is 20.6. The highest BCUT2D eigenvalue weighted by atomic mass is 127. The molecule has 0 saturated carbocycles. The molecular weight excluding hydrogens is 491 g/mol. The smallest absolute Gasteiger partial charge is 0.215 e. The van der Waals surface area contributed by atoms with Crippen LogP contribution in [0.3, 0.4) is 0 Å². The number of nitrogens with one attached hydrogen (secondary N) is 3. The van der Waals surface area contributed by atoms with E-state index in [4.69, 9.17) is 4.74 Å². The van der Waals surface area contributed by atoms with E-state index >= 15 is 0 Å². The van der Waals surface area contributed by atoms with E-state index in [1.165, 1.54) is 7.05 Å². The summed E-state index contributed by atoms with van der Waals surface area (Å²) in [4.78, 5) is 4.23. The zero-order chi connectivity index (χ0) is 20.3. The molecule has 1 aromatic rings. The van der Waals surface area contributed by atoms with E-state index < -0.39 is 10.0 Å². The van der Waals surface area contributed by atoms with Crippen LogP contribution in [-0.4, -0.2) is 47.7 Å². The van der Waals surface area contributed by atoms with Gasteiger partial charge in [0.1, 0.15) is 0 Å². The lowest BCUT2D eigenvalue weighted by atomic mass is 10.0. The molecule has 162 valence electrons. The number of rotatable bonds is 11. The lowest BCUT2D eigenvalue weighted by molar-refractivity contribution is 0.0258. The maximum absolute atomic E-state index is 11.6. The lowest BCUT2D eigenvalue weighted by Crippen LogP contribution is -2.38. The number of benzene rings is 1. The molecule has 0 heterocycles. The fourth-order valence-electron chi connectivity index (χ4n) is 2.61. The van der Waals surface area contributed by atoms with Gasteiger partial charge in [0.25, 0.3) is 0 Å². The first kappa shape index (κ1) is 27.1. The Bertz CT molecular complexity index is 679. The first-order valence-electron chi connectivity index (χ1n) is 9.36. The first-order valence-corrected chi connectivity index (χ1v) is 11.0. The quantitative estimate of drug-likeness (QED) is 0.234. The number of halogens is 1. The largest absolute Gasteiger partial charge is 0.378 e. The molecule has 9 heteroatoms. The molecule has 0 saturated heterocycles. The standard InChI is InChI=1S/C19H34N4O3S.HI/c1-6-26-18(15(2)3)11-12-22-19(20-4)23-13-16-7-9-17(10-8-16)14-27(24,25)21-5;/h7-10,15,18,21H,6,11-14H2,1-5H3,(H2,20,22,23);1H. The Kier molecular flexibility index (Phi) is 13.7. The van der Waals surface area contributed by atoms with Gasteiger partial charge in [0.15, 0.2) is 5.96 Å². The number of hydrogen-bond acceptors (Lipinski definition) is 4. The molecule has 1 atom stereocenters. The SMILES string of the molecule is CCOC(CCNC(=NC)NCc1ccc(CS(=O)(=O)NC)cc1)C(C)C.I. The van der Waals surface area contributed by atoms with E-state index in [1.807, 2.05) is 31.2 Å². The topological polar surface area (TPSA) is 91.8 Å². The van der Waals surface area contributed by atoms with Gasteiger partial charge in [-0.3, -0.25) is 4.99 Å². The van der Waals surface area contributed by atoms with Crippen molar-refractivity contribution in [1.29, 1.82) is 0 Å². The van der Waals surface area contributed by atoms with Crippen LogP contribution in [0, 0.1) is 5.92 Å². The molecule has 0 aliphatic rings. The highest BCUT2D eigenvalue weighted by Gasteiger charge is 2.13. The minimum Gasteiger partial charge on any atom is -0.378 e. The fraction of sp³-hybridized carbons (Fsp3) is 0.632. The van der Waals surface area contributed by atoms with Crippen molar-refractivity contribution < 1.29 is 13.2 Å². The number of guanidine groups is 1. The molecule has 0 amide bonds. The van der Waals surface area contributed by atoms with Gasteiger partial charge in [-0.2, -0.15) is 0 Å². The molecule has 0 bridgehead atoms. The van der Waals surface area contributed by atoms with Crippen molar-refractivity contribution in [2.24, 2.45) is 10.9 Å². The lowest BCUT2D eigenvalue weighted by Gasteiger charge is -2.21. The van der Waals surface area contributed by atoms with Gasteiger partial charge in [-0.25, -0.2) is 13.1 Å². The Labute approximate surface area is 187 Å². The van der Waals surface area contributed by atoms with E-state index in [-0.39, 0.29) is 35.8 Å². The molecule has 0 spiro atoms. The summed E-state index contributed by atoms with van der Waals surface area (Å²) >= 11 is 0. The van der Waals surface area contributed by atoms with Crippen LogP contribution in [0.1, 0.15) is 38.3 Å². The summed E-state index contributed by atoms with van der Waals surface area (Å²) in [5, 5.41) is 6.57. The molecule has 1 unspecified atom stereocenters. The van der Waals surface area contributed by atoms with Crippen LogP contribution in [0.5, 0.6) is 0 Å². The van der Waals surface area contributed by atoms with Crippen molar-refractivity contribution in [2.45, 2.75) is 45.6 Å². The molecule has 0 fully saturated rings. The summed E-state index contributed by atoms with van der Waals surface area (Å²) in [6, 6.07) is 7.50. The third-order valence-corrected chi connectivity index (χ3v) is 5.56. The zero-order valence-electron chi connectivity index (χ0n) is 17.5. The van der Waals surface area contributed by atoms with E-state index in [0.29, 0.717) is 12.5 Å². The van der Waals surface area contributed by atoms with E-state index in [0.717, 1.165) is 36.7 Å². The van der Waals surface area contributed by atoms with Gasteiger partial charge in [0.2, 0.25) is 10.0 Å². The Morgan fingerprint density at radius 1 is 1.14 bits per heavy atom. The van der Waals surface area contributed by atoms with Crippen LogP contribution in [0.15, 0.2) is 29.3 Å². The van der Waals surface area contributed by atoms with Crippen LogP contribution in [0.25, 0.3) is 0 Å². The second kappa shape index (κ2) is 14.1. The first-order chi connectivity index (χ1) is 12.8. The second-order valence-corrected chi connectivity index (χ2v) is 8.59. The van der Waals surface area contributed by atoms with Crippen molar-refractivity contribution in [3.8, 4) is 0 Å². The molecule has 1 aromatic carbocycles. The Balaban J connectivity index is 0.00000729. The average Bonchev–Trinajstić information content (AvgIpc) is 2.64. The van der Waals surface area contributed by atoms with Crippen LogP contribution in [-0.2, 0) is 27.1 Å². The van der Waals surface area contributed by atoms with E-state index in [1.54, 1.807) is 7.05 Å². The number of sulfonamides is 1. The second-order valence-electron chi connectivity index (χ2n) is 6.66. The minimum atomic E-state index is -3.25. The summed E-state index contributed by atoms with van der Waals surface area (Å²) < 4.78 is 31.2. The van der Waals surface area contributed by atoms with Gasteiger partial charge in [-0.05, 0) is 37.4 Å². The van der Waals surface area contributed by atoms with Crippen LogP contribution >= 0.6 is 24.0 Å². The Morgan fingerprint density at radius 2 is 1.75 bits per heavy atom. The van der Waals surface area contributed by atoms with Gasteiger partial charge < -0.3 is 15.4 Å². The maximum atomic E-state index is 11.6. The minimum absolute atomic E-state index is 0. The molecule has 0 aromatic heterocycles. The monoisotopic (exact) mass is 526 g/mol. The summed E-state index contributed by atoms with van der Waals surface area (Å²) in [6.07, 6.45) is 1.16. The molecule has 1 rings (SSSR count). The van der Waals surface area contributed by atoms with Gasteiger partial charge in [-0.1, -0.05) is 38.1 Å². The molecule has 0 radical (unpaired) electrons. The maximum Gasteiger partial charge on any atom is 0.215 e.